The number of hydrogen-bond acceptors (Lipinski definition) is 1. The molecule has 1 N–H and O–H groups in total. The van der Waals surface area contributed by atoms with E-state index in [-0.39, 0.29) is 0 Å². The monoisotopic (exact) mass is 280 g/mol. The van der Waals surface area contributed by atoms with Crippen LogP contribution in [0.25, 0.3) is 0 Å². The van der Waals surface area contributed by atoms with Crippen LogP contribution in [0, 0.1) is 0 Å². The van der Waals surface area contributed by atoms with Gasteiger partial charge in [-0.3, -0.25) is 4.79 Å². The van der Waals surface area contributed by atoms with E-state index in [1.165, 1.54) is 51.4 Å². The molecule has 0 atom stereocenters. The van der Waals surface area contributed by atoms with E-state index in [4.69, 9.17) is 5.11 Å². The van der Waals surface area contributed by atoms with Crippen LogP contribution in [0.1, 0.15) is 84.0 Å². The van der Waals surface area contributed by atoms with Crippen molar-refractivity contribution in [1.82, 2.24) is 0 Å². The number of rotatable bonds is 14. The Kier molecular flexibility index (Phi) is 15.2. The predicted molar refractivity (Wildman–Crippen MR) is 87.0 cm³/mol. The molecule has 0 heterocycles. The number of carboxylic acids is 1. The van der Waals surface area contributed by atoms with Crippen LogP contribution in [-0.4, -0.2) is 11.1 Å². The zero-order chi connectivity index (χ0) is 14.9. The lowest BCUT2D eigenvalue weighted by Crippen LogP contribution is -1.93. The average molecular weight is 280 g/mol. The Hall–Kier alpha value is -1.05. The van der Waals surface area contributed by atoms with Crippen molar-refractivity contribution in [2.75, 3.05) is 0 Å². The van der Waals surface area contributed by atoms with Crippen molar-refractivity contribution < 1.29 is 9.90 Å². The minimum atomic E-state index is -0.666. The van der Waals surface area contributed by atoms with Crippen molar-refractivity contribution in [2.45, 2.75) is 84.0 Å². The molecule has 0 rings (SSSR count). The molecule has 0 aliphatic rings. The highest BCUT2D eigenvalue weighted by Gasteiger charge is 1.96. The van der Waals surface area contributed by atoms with E-state index in [9.17, 15) is 4.79 Å². The van der Waals surface area contributed by atoms with Crippen molar-refractivity contribution >= 4 is 5.97 Å². The molecule has 0 radical (unpaired) electrons. The fourth-order valence-corrected chi connectivity index (χ4v) is 2.12. The fraction of sp³-hybridized carbons (Fsp3) is 0.722. The zero-order valence-corrected chi connectivity index (χ0v) is 13.2. The van der Waals surface area contributed by atoms with Gasteiger partial charge in [0.25, 0.3) is 0 Å². The Morgan fingerprint density at radius 2 is 1.25 bits per heavy atom. The van der Waals surface area contributed by atoms with Crippen molar-refractivity contribution in [2.24, 2.45) is 0 Å². The van der Waals surface area contributed by atoms with Gasteiger partial charge in [-0.1, -0.05) is 56.9 Å². The van der Waals surface area contributed by atoms with Crippen LogP contribution in [-0.2, 0) is 4.79 Å². The van der Waals surface area contributed by atoms with Crippen LogP contribution in [0.15, 0.2) is 24.3 Å². The summed E-state index contributed by atoms with van der Waals surface area (Å²) < 4.78 is 0. The molecule has 116 valence electrons. The number of hydrogen-bond donors (Lipinski definition) is 1. The molecule has 0 saturated carbocycles. The molecule has 0 spiro atoms. The van der Waals surface area contributed by atoms with Crippen LogP contribution < -0.4 is 0 Å². The van der Waals surface area contributed by atoms with Gasteiger partial charge >= 0.3 is 5.97 Å². The Morgan fingerprint density at radius 3 is 1.85 bits per heavy atom. The molecular formula is C18H32O2. The summed E-state index contributed by atoms with van der Waals surface area (Å²) in [6.45, 7) is 2.17. The zero-order valence-electron chi connectivity index (χ0n) is 13.2. The number of carboxylic acid groups (broad SMARTS) is 1. The largest absolute Gasteiger partial charge is 0.481 e. The molecule has 0 aromatic carbocycles. The quantitative estimate of drug-likeness (QED) is 0.318. The minimum Gasteiger partial charge on any atom is -0.481 e. The van der Waals surface area contributed by atoms with E-state index < -0.39 is 5.97 Å². The molecule has 0 fully saturated rings. The van der Waals surface area contributed by atoms with E-state index >= 15 is 0 Å². The Balaban J connectivity index is 3.11. The van der Waals surface area contributed by atoms with Gasteiger partial charge in [0.15, 0.2) is 0 Å². The first kappa shape index (κ1) is 18.9. The second kappa shape index (κ2) is 16.0. The molecule has 0 aromatic heterocycles. The number of carbonyl (C=O) groups is 1. The lowest BCUT2D eigenvalue weighted by atomic mass is 10.1. The van der Waals surface area contributed by atoms with Gasteiger partial charge in [0.2, 0.25) is 0 Å². The molecule has 2 heteroatoms. The Bertz CT molecular complexity index is 267. The van der Waals surface area contributed by atoms with Gasteiger partial charge in [-0.15, -0.1) is 0 Å². The maximum atomic E-state index is 10.3. The minimum absolute atomic E-state index is 0.330. The van der Waals surface area contributed by atoms with E-state index in [2.05, 4.69) is 31.2 Å². The topological polar surface area (TPSA) is 37.3 Å². The van der Waals surface area contributed by atoms with Gasteiger partial charge in [0, 0.05) is 6.42 Å². The van der Waals surface area contributed by atoms with Crippen molar-refractivity contribution in [3.63, 3.8) is 0 Å². The second-order valence-electron chi connectivity index (χ2n) is 5.34. The maximum Gasteiger partial charge on any atom is 0.303 e. The van der Waals surface area contributed by atoms with Crippen molar-refractivity contribution in [3.05, 3.63) is 24.3 Å². The molecular weight excluding hydrogens is 248 g/mol. The number of unbranched alkanes of at least 4 members (excludes halogenated alkanes) is 8. The lowest BCUT2D eigenvalue weighted by molar-refractivity contribution is -0.137. The average Bonchev–Trinajstić information content (AvgIpc) is 2.43. The molecule has 0 bridgehead atoms. The molecule has 0 aliphatic heterocycles. The molecule has 0 saturated heterocycles. The van der Waals surface area contributed by atoms with E-state index in [0.717, 1.165) is 19.3 Å². The normalized spacial score (nSPS) is 11.7. The van der Waals surface area contributed by atoms with E-state index in [1.807, 2.05) is 0 Å². The van der Waals surface area contributed by atoms with Gasteiger partial charge < -0.3 is 5.11 Å². The second-order valence-corrected chi connectivity index (χ2v) is 5.34. The lowest BCUT2D eigenvalue weighted by Gasteiger charge is -1.99. The van der Waals surface area contributed by atoms with E-state index in [1.54, 1.807) is 0 Å². The molecule has 0 aromatic rings. The fourth-order valence-electron chi connectivity index (χ4n) is 2.12. The summed E-state index contributed by atoms with van der Waals surface area (Å²) >= 11 is 0. The highest BCUT2D eigenvalue weighted by Crippen LogP contribution is 2.09. The Morgan fingerprint density at radius 1 is 0.750 bits per heavy atom. The van der Waals surface area contributed by atoms with Crippen LogP contribution in [0.5, 0.6) is 0 Å². The molecule has 0 amide bonds. The molecule has 2 nitrogen and oxygen atoms in total. The summed E-state index contributed by atoms with van der Waals surface area (Å²) in [6, 6.07) is 0. The first-order valence-electron chi connectivity index (χ1n) is 8.29. The summed E-state index contributed by atoms with van der Waals surface area (Å²) in [6.07, 6.45) is 22.3. The van der Waals surface area contributed by atoms with Crippen LogP contribution in [0.2, 0.25) is 0 Å². The highest BCUT2D eigenvalue weighted by molar-refractivity contribution is 5.66. The first-order chi connectivity index (χ1) is 9.77. The van der Waals surface area contributed by atoms with Gasteiger partial charge in [-0.25, -0.2) is 0 Å². The van der Waals surface area contributed by atoms with Gasteiger partial charge in [-0.2, -0.15) is 0 Å². The van der Waals surface area contributed by atoms with Crippen LogP contribution in [0.4, 0.5) is 0 Å². The highest BCUT2D eigenvalue weighted by atomic mass is 16.4. The third-order valence-corrected chi connectivity index (χ3v) is 3.32. The SMILES string of the molecule is CCC=CCCCC=CCCCCCCCCC(=O)O. The maximum absolute atomic E-state index is 10.3. The van der Waals surface area contributed by atoms with Crippen molar-refractivity contribution in [3.8, 4) is 0 Å². The van der Waals surface area contributed by atoms with Crippen molar-refractivity contribution in [1.29, 1.82) is 0 Å². The third-order valence-electron chi connectivity index (χ3n) is 3.32. The predicted octanol–water partition coefficient (Wildman–Crippen LogP) is 5.88. The number of aliphatic carboxylic acids is 1. The van der Waals surface area contributed by atoms with Crippen LogP contribution in [0.3, 0.4) is 0 Å². The summed E-state index contributed by atoms with van der Waals surface area (Å²) in [5.41, 5.74) is 0. The summed E-state index contributed by atoms with van der Waals surface area (Å²) in [5.74, 6) is -0.666. The molecule has 20 heavy (non-hydrogen) atoms. The van der Waals surface area contributed by atoms with E-state index in [0.29, 0.717) is 6.42 Å². The van der Waals surface area contributed by atoms with Gasteiger partial charge in [0.1, 0.15) is 0 Å². The number of allylic oxidation sites excluding steroid dienone is 4. The third kappa shape index (κ3) is 16.9. The standard InChI is InChI=1S/C18H32O2/c1-2-3-4-5-6-7-8-9-10-11-12-13-14-15-16-17-18(19)20/h3-4,8-9H,2,5-7,10-17H2,1H3,(H,19,20). The Labute approximate surface area is 125 Å². The summed E-state index contributed by atoms with van der Waals surface area (Å²) in [5, 5.41) is 8.51. The van der Waals surface area contributed by atoms with Crippen LogP contribution >= 0.6 is 0 Å². The summed E-state index contributed by atoms with van der Waals surface area (Å²) in [4.78, 5) is 10.3. The van der Waals surface area contributed by atoms with Gasteiger partial charge in [-0.05, 0) is 44.9 Å². The molecule has 0 unspecified atom stereocenters. The van der Waals surface area contributed by atoms with Gasteiger partial charge in [0.05, 0.1) is 0 Å². The summed E-state index contributed by atoms with van der Waals surface area (Å²) in [7, 11) is 0. The first-order valence-corrected chi connectivity index (χ1v) is 8.29. The smallest absolute Gasteiger partial charge is 0.303 e. The molecule has 0 aliphatic carbocycles.